The molecule has 0 aromatic heterocycles. The van der Waals surface area contributed by atoms with Crippen LogP contribution in [-0.4, -0.2) is 16.4 Å². The third-order valence-corrected chi connectivity index (χ3v) is 4.12. The Hall–Kier alpha value is -2.53. The molecule has 3 aromatic rings. The molecule has 0 saturated heterocycles. The maximum Gasteiger partial charge on any atom is 0.264 e. The lowest BCUT2D eigenvalue weighted by atomic mass is 10.0. The molecule has 0 bridgehead atoms. The first-order valence-electron chi connectivity index (χ1n) is 8.99. The largest absolute Gasteiger partial charge is 0.432 e. The van der Waals surface area contributed by atoms with Crippen molar-refractivity contribution >= 4 is 38.9 Å². The SMILES string of the molecule is CC(C)(C)/N=N/C(C)(C)NC(=S)Oc1ccc2ccc3ccccc3c2c1. The molecule has 0 aliphatic heterocycles. The van der Waals surface area contributed by atoms with Gasteiger partial charge >= 0.3 is 0 Å². The average molecular weight is 380 g/mol. The van der Waals surface area contributed by atoms with Gasteiger partial charge in [0.15, 0.2) is 0 Å². The first-order chi connectivity index (χ1) is 12.6. The van der Waals surface area contributed by atoms with Crippen molar-refractivity contribution < 1.29 is 4.74 Å². The summed E-state index contributed by atoms with van der Waals surface area (Å²) in [6.45, 7) is 9.82. The first-order valence-corrected chi connectivity index (χ1v) is 9.39. The van der Waals surface area contributed by atoms with Crippen molar-refractivity contribution in [3.63, 3.8) is 0 Å². The summed E-state index contributed by atoms with van der Waals surface area (Å²) in [5.41, 5.74) is -0.880. The molecule has 3 rings (SSSR count). The number of azo groups is 1. The highest BCUT2D eigenvalue weighted by Gasteiger charge is 2.20. The molecule has 27 heavy (non-hydrogen) atoms. The van der Waals surface area contributed by atoms with E-state index in [-0.39, 0.29) is 10.7 Å². The summed E-state index contributed by atoms with van der Waals surface area (Å²) in [6, 6.07) is 18.6. The van der Waals surface area contributed by atoms with Crippen molar-refractivity contribution in [2.45, 2.75) is 45.8 Å². The van der Waals surface area contributed by atoms with Crippen molar-refractivity contribution in [3.05, 3.63) is 54.6 Å². The number of nitrogens with one attached hydrogen (secondary N) is 1. The van der Waals surface area contributed by atoms with Gasteiger partial charge in [-0.05, 0) is 80.5 Å². The molecule has 0 aliphatic carbocycles. The lowest BCUT2D eigenvalue weighted by Crippen LogP contribution is -2.43. The molecule has 0 spiro atoms. The van der Waals surface area contributed by atoms with Crippen LogP contribution in [0.2, 0.25) is 0 Å². The lowest BCUT2D eigenvalue weighted by molar-refractivity contribution is 0.391. The second-order valence-electron chi connectivity index (χ2n) is 8.11. The predicted molar refractivity (Wildman–Crippen MR) is 117 cm³/mol. The minimum absolute atomic E-state index is 0.235. The maximum absolute atomic E-state index is 5.86. The summed E-state index contributed by atoms with van der Waals surface area (Å²) in [5, 5.41) is 16.7. The summed E-state index contributed by atoms with van der Waals surface area (Å²) in [5.74, 6) is 0.694. The Bertz CT molecular complexity index is 1020. The molecule has 4 nitrogen and oxygen atoms in total. The highest BCUT2D eigenvalue weighted by Crippen LogP contribution is 2.28. The topological polar surface area (TPSA) is 46.0 Å². The highest BCUT2D eigenvalue weighted by atomic mass is 32.1. The van der Waals surface area contributed by atoms with Gasteiger partial charge in [0.1, 0.15) is 11.4 Å². The molecule has 1 N–H and O–H groups in total. The maximum atomic E-state index is 5.86. The van der Waals surface area contributed by atoms with E-state index in [1.54, 1.807) is 0 Å². The van der Waals surface area contributed by atoms with Crippen LogP contribution in [0.25, 0.3) is 21.5 Å². The van der Waals surface area contributed by atoms with Crippen LogP contribution in [0.4, 0.5) is 0 Å². The van der Waals surface area contributed by atoms with Crippen LogP contribution in [0.3, 0.4) is 0 Å². The van der Waals surface area contributed by atoms with Crippen LogP contribution in [0.15, 0.2) is 64.8 Å². The van der Waals surface area contributed by atoms with Crippen LogP contribution < -0.4 is 10.1 Å². The molecule has 5 heteroatoms. The quantitative estimate of drug-likeness (QED) is 0.333. The van der Waals surface area contributed by atoms with Crippen molar-refractivity contribution in [1.29, 1.82) is 0 Å². The molecule has 0 aliphatic rings. The van der Waals surface area contributed by atoms with Gasteiger partial charge in [-0.25, -0.2) is 0 Å². The monoisotopic (exact) mass is 379 g/mol. The minimum Gasteiger partial charge on any atom is -0.432 e. The molecular formula is C22H25N3OS. The number of ether oxygens (including phenoxy) is 1. The van der Waals surface area contributed by atoms with Crippen LogP contribution >= 0.6 is 12.2 Å². The fourth-order valence-electron chi connectivity index (χ4n) is 2.73. The molecule has 0 heterocycles. The van der Waals surface area contributed by atoms with Gasteiger partial charge in [0.25, 0.3) is 5.17 Å². The van der Waals surface area contributed by atoms with Gasteiger partial charge in [-0.2, -0.15) is 10.2 Å². The summed E-state index contributed by atoms with van der Waals surface area (Å²) in [6.07, 6.45) is 0. The standard InChI is InChI=1S/C22H25N3OS/c1-21(2,3)24-25-22(4,5)23-20(27)26-17-13-12-16-11-10-15-8-6-7-9-18(15)19(16)14-17/h6-14H,1-5H3,(H,23,27)/b25-24+. The molecule has 0 fully saturated rings. The van der Waals surface area contributed by atoms with E-state index in [4.69, 9.17) is 17.0 Å². The molecule has 0 unspecified atom stereocenters. The average Bonchev–Trinajstić information content (AvgIpc) is 2.59. The van der Waals surface area contributed by atoms with Gasteiger partial charge in [0, 0.05) is 0 Å². The first kappa shape index (κ1) is 19.2. The summed E-state index contributed by atoms with van der Waals surface area (Å²) in [7, 11) is 0. The predicted octanol–water partition coefficient (Wildman–Crippen LogP) is 6.23. The van der Waals surface area contributed by atoms with Gasteiger partial charge in [0.05, 0.1) is 5.54 Å². The molecule has 0 atom stereocenters. The molecule has 3 aromatic carbocycles. The van der Waals surface area contributed by atoms with Gasteiger partial charge in [-0.15, -0.1) is 0 Å². The van der Waals surface area contributed by atoms with Crippen LogP contribution in [0.5, 0.6) is 5.75 Å². The molecule has 140 valence electrons. The Kier molecular flexibility index (Phi) is 5.16. The van der Waals surface area contributed by atoms with Crippen molar-refractivity contribution in [1.82, 2.24) is 5.32 Å². The number of rotatable bonds is 3. The van der Waals surface area contributed by atoms with E-state index in [0.717, 1.165) is 5.39 Å². The third kappa shape index (κ3) is 5.01. The Balaban J connectivity index is 1.81. The summed E-state index contributed by atoms with van der Waals surface area (Å²) >= 11 is 5.38. The Morgan fingerprint density at radius 2 is 1.48 bits per heavy atom. The van der Waals surface area contributed by atoms with E-state index in [1.165, 1.54) is 16.2 Å². The zero-order chi connectivity index (χ0) is 19.7. The number of thiocarbonyl (C=S) groups is 1. The molecule has 0 amide bonds. The van der Waals surface area contributed by atoms with Crippen LogP contribution in [0, 0.1) is 0 Å². The normalized spacial score (nSPS) is 12.6. The molecular weight excluding hydrogens is 354 g/mol. The summed E-state index contributed by atoms with van der Waals surface area (Å²) in [4.78, 5) is 0. The highest BCUT2D eigenvalue weighted by molar-refractivity contribution is 7.80. The van der Waals surface area contributed by atoms with Gasteiger partial charge in [0.2, 0.25) is 0 Å². The van der Waals surface area contributed by atoms with Gasteiger partial charge < -0.3 is 10.1 Å². The van der Waals surface area contributed by atoms with Crippen molar-refractivity contribution in [3.8, 4) is 5.75 Å². The zero-order valence-electron chi connectivity index (χ0n) is 16.4. The van der Waals surface area contributed by atoms with Gasteiger partial charge in [-0.1, -0.05) is 42.5 Å². The fraction of sp³-hybridized carbons (Fsp3) is 0.318. The fourth-order valence-corrected chi connectivity index (χ4v) is 3.07. The van der Waals surface area contributed by atoms with E-state index >= 15 is 0 Å². The minimum atomic E-state index is -0.645. The van der Waals surface area contributed by atoms with E-state index in [2.05, 4.69) is 39.8 Å². The van der Waals surface area contributed by atoms with Crippen LogP contribution in [0.1, 0.15) is 34.6 Å². The Labute approximate surface area is 165 Å². The lowest BCUT2D eigenvalue weighted by Gasteiger charge is -2.23. The Morgan fingerprint density at radius 3 is 2.19 bits per heavy atom. The second-order valence-corrected chi connectivity index (χ2v) is 8.48. The van der Waals surface area contributed by atoms with E-state index in [9.17, 15) is 0 Å². The number of hydrogen-bond donors (Lipinski definition) is 1. The number of nitrogens with zero attached hydrogens (tertiary/aromatic N) is 2. The number of fused-ring (bicyclic) bond motifs is 3. The van der Waals surface area contributed by atoms with E-state index in [1.807, 2.05) is 65.0 Å². The number of hydrogen-bond acceptors (Lipinski definition) is 4. The van der Waals surface area contributed by atoms with E-state index < -0.39 is 5.66 Å². The number of benzene rings is 3. The van der Waals surface area contributed by atoms with Crippen molar-refractivity contribution in [2.75, 3.05) is 0 Å². The molecule has 0 radical (unpaired) electrons. The summed E-state index contributed by atoms with van der Waals surface area (Å²) < 4.78 is 5.86. The van der Waals surface area contributed by atoms with Crippen molar-refractivity contribution in [2.24, 2.45) is 10.2 Å². The van der Waals surface area contributed by atoms with Gasteiger partial charge in [-0.3, -0.25) is 0 Å². The second kappa shape index (κ2) is 7.24. The van der Waals surface area contributed by atoms with E-state index in [0.29, 0.717) is 5.75 Å². The zero-order valence-corrected chi connectivity index (χ0v) is 17.2. The smallest absolute Gasteiger partial charge is 0.264 e. The third-order valence-electron chi connectivity index (χ3n) is 3.94. The Morgan fingerprint density at radius 1 is 0.852 bits per heavy atom. The van der Waals surface area contributed by atoms with Crippen LogP contribution in [-0.2, 0) is 0 Å². The molecule has 0 saturated carbocycles.